The molecule has 5 rings (SSSR count). The molecule has 1 N–H and O–H groups in total. The molecule has 0 spiro atoms. The molecule has 0 amide bonds. The van der Waals surface area contributed by atoms with E-state index in [1.807, 2.05) is 7.05 Å². The Hall–Kier alpha value is -2.61. The lowest BCUT2D eigenvalue weighted by molar-refractivity contribution is 0.00133. The molecule has 2 aliphatic heterocycles. The number of aliphatic hydroxyl groups is 1. The lowest BCUT2D eigenvalue weighted by atomic mass is 9.81. The summed E-state index contributed by atoms with van der Waals surface area (Å²) in [7, 11) is 1.85. The average Bonchev–Trinajstić information content (AvgIpc) is 3.16. The number of benzene rings is 1. The summed E-state index contributed by atoms with van der Waals surface area (Å²) < 4.78 is 29.0. The molecule has 4 heterocycles. The van der Waals surface area contributed by atoms with Crippen LogP contribution in [0.2, 0.25) is 0 Å². The van der Waals surface area contributed by atoms with Gasteiger partial charge in [-0.15, -0.1) is 0 Å². The highest BCUT2D eigenvalue weighted by Crippen LogP contribution is 2.45. The Morgan fingerprint density at radius 2 is 1.93 bits per heavy atom. The van der Waals surface area contributed by atoms with Crippen LogP contribution in [0.5, 0.6) is 0 Å². The zero-order chi connectivity index (χ0) is 19.5. The van der Waals surface area contributed by atoms with E-state index in [-0.39, 0.29) is 18.5 Å². The van der Waals surface area contributed by atoms with Gasteiger partial charge in [0.25, 0.3) is 0 Å². The van der Waals surface area contributed by atoms with E-state index in [9.17, 15) is 13.9 Å². The Balaban J connectivity index is 1.44. The minimum atomic E-state index is -1.01. The number of halogens is 2. The van der Waals surface area contributed by atoms with Gasteiger partial charge >= 0.3 is 0 Å². The second kappa shape index (κ2) is 6.20. The third-order valence-corrected chi connectivity index (χ3v) is 6.14. The van der Waals surface area contributed by atoms with Gasteiger partial charge in [0, 0.05) is 31.6 Å². The Labute approximate surface area is 160 Å². The van der Waals surface area contributed by atoms with E-state index in [2.05, 4.69) is 20.0 Å². The fourth-order valence-corrected chi connectivity index (χ4v) is 4.99. The van der Waals surface area contributed by atoms with Crippen LogP contribution in [0.4, 0.5) is 14.6 Å². The standard InChI is InChI=1S/C20H21F2N5O/c1-26-18-16(10-25-26)19(24-11-23-18)27-14-4-5-15(27)9-20(28,8-14)7-12-2-3-13(21)6-17(12)22/h2-3,6,10-11,14-15,28H,4-5,7-9H2,1H3/t14-,15-/m0/s1. The highest BCUT2D eigenvalue weighted by atomic mass is 19.1. The summed E-state index contributed by atoms with van der Waals surface area (Å²) in [5.74, 6) is -0.357. The largest absolute Gasteiger partial charge is 0.389 e. The summed E-state index contributed by atoms with van der Waals surface area (Å²) in [6, 6.07) is 3.78. The van der Waals surface area contributed by atoms with E-state index < -0.39 is 17.2 Å². The maximum atomic E-state index is 14.1. The molecular weight excluding hydrogens is 364 g/mol. The van der Waals surface area contributed by atoms with E-state index in [4.69, 9.17) is 0 Å². The van der Waals surface area contributed by atoms with Crippen LogP contribution in [0.25, 0.3) is 11.0 Å². The number of anilines is 1. The zero-order valence-electron chi connectivity index (χ0n) is 15.5. The van der Waals surface area contributed by atoms with Crippen molar-refractivity contribution in [3.8, 4) is 0 Å². The van der Waals surface area contributed by atoms with Crippen molar-refractivity contribution in [3.05, 3.63) is 47.9 Å². The van der Waals surface area contributed by atoms with Crippen molar-refractivity contribution in [2.45, 2.75) is 49.8 Å². The Morgan fingerprint density at radius 1 is 1.18 bits per heavy atom. The van der Waals surface area contributed by atoms with Crippen LogP contribution >= 0.6 is 0 Å². The molecule has 0 aliphatic carbocycles. The van der Waals surface area contributed by atoms with Crippen LogP contribution in [-0.2, 0) is 13.5 Å². The number of hydrogen-bond donors (Lipinski definition) is 1. The first-order chi connectivity index (χ1) is 13.4. The van der Waals surface area contributed by atoms with E-state index in [0.29, 0.717) is 18.4 Å². The van der Waals surface area contributed by atoms with Gasteiger partial charge in [-0.05, 0) is 37.3 Å². The molecule has 28 heavy (non-hydrogen) atoms. The number of hydrogen-bond acceptors (Lipinski definition) is 5. The molecule has 6 nitrogen and oxygen atoms in total. The molecule has 2 atom stereocenters. The number of piperidine rings is 1. The Morgan fingerprint density at radius 3 is 2.64 bits per heavy atom. The first-order valence-corrected chi connectivity index (χ1v) is 9.51. The van der Waals surface area contributed by atoms with Gasteiger partial charge in [-0.3, -0.25) is 4.68 Å². The summed E-state index contributed by atoms with van der Waals surface area (Å²) in [4.78, 5) is 11.1. The molecule has 2 aromatic heterocycles. The topological polar surface area (TPSA) is 67.1 Å². The molecule has 0 radical (unpaired) electrons. The normalized spacial score (nSPS) is 26.9. The molecule has 8 heteroatoms. The molecule has 3 aromatic rings. The van der Waals surface area contributed by atoms with Crippen LogP contribution in [0, 0.1) is 11.6 Å². The van der Waals surface area contributed by atoms with Crippen molar-refractivity contribution >= 4 is 16.9 Å². The maximum absolute atomic E-state index is 14.1. The second-order valence-corrected chi connectivity index (χ2v) is 8.04. The smallest absolute Gasteiger partial charge is 0.163 e. The molecule has 146 valence electrons. The van der Waals surface area contributed by atoms with Gasteiger partial charge in [-0.1, -0.05) is 6.07 Å². The predicted molar refractivity (Wildman–Crippen MR) is 99.8 cm³/mol. The third-order valence-electron chi connectivity index (χ3n) is 6.14. The fraction of sp³-hybridized carbons (Fsp3) is 0.450. The summed E-state index contributed by atoms with van der Waals surface area (Å²) >= 11 is 0. The van der Waals surface area contributed by atoms with Crippen LogP contribution in [0.3, 0.4) is 0 Å². The SMILES string of the molecule is Cn1ncc2c(N3[C@H]4CC[C@H]3CC(O)(Cc3ccc(F)cc3F)C4)ncnc21. The lowest BCUT2D eigenvalue weighted by Gasteiger charge is -2.44. The average molecular weight is 385 g/mol. The number of rotatable bonds is 3. The van der Waals surface area contributed by atoms with Gasteiger partial charge in [-0.25, -0.2) is 18.7 Å². The van der Waals surface area contributed by atoms with Gasteiger partial charge in [0.2, 0.25) is 0 Å². The quantitative estimate of drug-likeness (QED) is 0.751. The highest BCUT2D eigenvalue weighted by molar-refractivity contribution is 5.87. The molecule has 2 fully saturated rings. The monoisotopic (exact) mass is 385 g/mol. The molecule has 1 aromatic carbocycles. The van der Waals surface area contributed by atoms with Crippen LogP contribution < -0.4 is 4.90 Å². The van der Waals surface area contributed by atoms with Crippen LogP contribution in [0.15, 0.2) is 30.7 Å². The number of aryl methyl sites for hydroxylation is 1. The van der Waals surface area contributed by atoms with Crippen molar-refractivity contribution in [1.82, 2.24) is 19.7 Å². The number of aromatic nitrogens is 4. The van der Waals surface area contributed by atoms with Gasteiger partial charge in [0.15, 0.2) is 5.65 Å². The molecule has 2 bridgehead atoms. The second-order valence-electron chi connectivity index (χ2n) is 8.04. The van der Waals surface area contributed by atoms with Gasteiger partial charge < -0.3 is 10.0 Å². The van der Waals surface area contributed by atoms with Crippen LogP contribution in [-0.4, -0.2) is 42.5 Å². The molecular formula is C20H21F2N5O. The molecule has 0 saturated carbocycles. The highest BCUT2D eigenvalue weighted by Gasteiger charge is 2.48. The lowest BCUT2D eigenvalue weighted by Crippen LogP contribution is -2.52. The third kappa shape index (κ3) is 2.74. The Bertz CT molecular complexity index is 1040. The maximum Gasteiger partial charge on any atom is 0.163 e. The van der Waals surface area contributed by atoms with E-state index in [0.717, 1.165) is 35.8 Å². The van der Waals surface area contributed by atoms with Crippen LogP contribution in [0.1, 0.15) is 31.2 Å². The summed E-state index contributed by atoms with van der Waals surface area (Å²) in [5.41, 5.74) is 0.120. The van der Waals surface area contributed by atoms with Crippen molar-refractivity contribution in [1.29, 1.82) is 0 Å². The predicted octanol–water partition coefficient (Wildman–Crippen LogP) is 2.75. The van der Waals surface area contributed by atoms with Gasteiger partial charge in [0.1, 0.15) is 23.8 Å². The zero-order valence-corrected chi connectivity index (χ0v) is 15.5. The summed E-state index contributed by atoms with van der Waals surface area (Å²) in [6.07, 6.45) is 6.45. The number of fused-ring (bicyclic) bond motifs is 3. The van der Waals surface area contributed by atoms with Gasteiger partial charge in [-0.2, -0.15) is 5.10 Å². The van der Waals surface area contributed by atoms with E-state index in [1.165, 1.54) is 12.1 Å². The summed E-state index contributed by atoms with van der Waals surface area (Å²) in [6.45, 7) is 0. The molecule has 2 saturated heterocycles. The minimum absolute atomic E-state index is 0.116. The van der Waals surface area contributed by atoms with Crippen molar-refractivity contribution in [2.24, 2.45) is 7.05 Å². The molecule has 0 unspecified atom stereocenters. The number of nitrogens with zero attached hydrogens (tertiary/aromatic N) is 5. The minimum Gasteiger partial charge on any atom is -0.389 e. The van der Waals surface area contributed by atoms with Gasteiger partial charge in [0.05, 0.1) is 17.2 Å². The fourth-order valence-electron chi connectivity index (χ4n) is 4.99. The molecule has 2 aliphatic rings. The van der Waals surface area contributed by atoms with E-state index in [1.54, 1.807) is 17.2 Å². The first kappa shape index (κ1) is 17.5. The summed E-state index contributed by atoms with van der Waals surface area (Å²) in [5, 5.41) is 16.4. The first-order valence-electron chi connectivity index (χ1n) is 9.51. The van der Waals surface area contributed by atoms with Crippen molar-refractivity contribution in [2.75, 3.05) is 4.90 Å². The Kier molecular flexibility index (Phi) is 3.87. The van der Waals surface area contributed by atoms with Crippen molar-refractivity contribution in [3.63, 3.8) is 0 Å². The van der Waals surface area contributed by atoms with E-state index >= 15 is 0 Å². The van der Waals surface area contributed by atoms with Crippen molar-refractivity contribution < 1.29 is 13.9 Å².